The van der Waals surface area contributed by atoms with Gasteiger partial charge in [-0.3, -0.25) is 4.99 Å². The van der Waals surface area contributed by atoms with E-state index in [4.69, 9.17) is 4.42 Å². The maximum atomic E-state index is 5.21. The van der Waals surface area contributed by atoms with Crippen LogP contribution in [0.25, 0.3) is 0 Å². The van der Waals surface area contributed by atoms with E-state index >= 15 is 0 Å². The normalized spacial score (nSPS) is 10.9. The predicted molar refractivity (Wildman–Crippen MR) is 48.4 cm³/mol. The molecule has 0 saturated heterocycles. The minimum absolute atomic E-state index is 0.663. The summed E-state index contributed by atoms with van der Waals surface area (Å²) in [5, 5.41) is 0. The van der Waals surface area contributed by atoms with E-state index in [1.165, 1.54) is 0 Å². The van der Waals surface area contributed by atoms with Gasteiger partial charge < -0.3 is 4.42 Å². The van der Waals surface area contributed by atoms with Gasteiger partial charge >= 0.3 is 0 Å². The van der Waals surface area contributed by atoms with Gasteiger partial charge in [-0.05, 0) is 13.8 Å². The van der Waals surface area contributed by atoms with Gasteiger partial charge in [0.05, 0.1) is 6.21 Å². The van der Waals surface area contributed by atoms with Crippen molar-refractivity contribution in [2.45, 2.75) is 20.8 Å². The van der Waals surface area contributed by atoms with Crippen molar-refractivity contribution >= 4 is 6.21 Å². The van der Waals surface area contributed by atoms with E-state index in [0.717, 1.165) is 17.2 Å². The first-order valence-corrected chi connectivity index (χ1v) is 3.73. The molecule has 0 aromatic carbocycles. The Kier molecular flexibility index (Phi) is 2.43. The second-order valence-electron chi connectivity index (χ2n) is 2.67. The third-order valence-corrected chi connectivity index (χ3v) is 1.35. The fourth-order valence-corrected chi connectivity index (χ4v) is 0.836. The van der Waals surface area contributed by atoms with Crippen LogP contribution in [0.15, 0.2) is 21.7 Å². The number of oxazole rings is 1. The van der Waals surface area contributed by atoms with E-state index in [1.54, 1.807) is 6.21 Å². The standard InChI is InChI=1S/C9H12N2O/c1-6(2)10-5-9-7(3)12-8(4)11-9/h5H,1H2,2-4H3. The third kappa shape index (κ3) is 2.05. The van der Waals surface area contributed by atoms with Crippen LogP contribution in [0.1, 0.15) is 24.3 Å². The maximum absolute atomic E-state index is 5.21. The minimum Gasteiger partial charge on any atom is -0.446 e. The summed E-state index contributed by atoms with van der Waals surface area (Å²) >= 11 is 0. The molecule has 3 heteroatoms. The fourth-order valence-electron chi connectivity index (χ4n) is 0.836. The highest BCUT2D eigenvalue weighted by molar-refractivity contribution is 5.78. The zero-order valence-electron chi connectivity index (χ0n) is 7.59. The fraction of sp³-hybridized carbons (Fsp3) is 0.333. The molecule has 0 unspecified atom stereocenters. The Balaban J connectivity index is 2.89. The van der Waals surface area contributed by atoms with Gasteiger partial charge in [0.1, 0.15) is 11.5 Å². The number of allylic oxidation sites excluding steroid dienone is 1. The van der Waals surface area contributed by atoms with E-state index in [2.05, 4.69) is 16.6 Å². The number of aromatic nitrogens is 1. The number of hydrogen-bond acceptors (Lipinski definition) is 3. The van der Waals surface area contributed by atoms with Crippen LogP contribution in [-0.2, 0) is 0 Å². The van der Waals surface area contributed by atoms with Crippen molar-refractivity contribution in [2.75, 3.05) is 0 Å². The van der Waals surface area contributed by atoms with E-state index in [0.29, 0.717) is 5.89 Å². The molecular weight excluding hydrogens is 152 g/mol. The van der Waals surface area contributed by atoms with Crippen molar-refractivity contribution < 1.29 is 4.42 Å². The molecule has 0 amide bonds. The lowest BCUT2D eigenvalue weighted by molar-refractivity contribution is 0.494. The van der Waals surface area contributed by atoms with E-state index < -0.39 is 0 Å². The van der Waals surface area contributed by atoms with Crippen molar-refractivity contribution in [1.82, 2.24) is 4.98 Å². The van der Waals surface area contributed by atoms with Crippen molar-refractivity contribution in [2.24, 2.45) is 4.99 Å². The largest absolute Gasteiger partial charge is 0.446 e. The number of aliphatic imine (C=N–C) groups is 1. The molecule has 1 aromatic rings. The molecule has 0 aliphatic carbocycles. The summed E-state index contributed by atoms with van der Waals surface area (Å²) in [6.07, 6.45) is 1.66. The van der Waals surface area contributed by atoms with Gasteiger partial charge in [0.15, 0.2) is 5.89 Å². The molecule has 0 aliphatic rings. The van der Waals surface area contributed by atoms with E-state index in [9.17, 15) is 0 Å². The van der Waals surface area contributed by atoms with Gasteiger partial charge in [-0.2, -0.15) is 0 Å². The molecule has 64 valence electrons. The summed E-state index contributed by atoms with van der Waals surface area (Å²) in [5.74, 6) is 1.45. The average Bonchev–Trinajstić information content (AvgIpc) is 2.26. The Morgan fingerprint density at radius 3 is 2.67 bits per heavy atom. The molecule has 0 radical (unpaired) electrons. The number of aryl methyl sites for hydroxylation is 2. The Morgan fingerprint density at radius 1 is 1.58 bits per heavy atom. The van der Waals surface area contributed by atoms with Crippen LogP contribution >= 0.6 is 0 Å². The van der Waals surface area contributed by atoms with Crippen LogP contribution in [0, 0.1) is 13.8 Å². The van der Waals surface area contributed by atoms with Gasteiger partial charge in [0.25, 0.3) is 0 Å². The molecule has 0 aliphatic heterocycles. The highest BCUT2D eigenvalue weighted by atomic mass is 16.4. The molecule has 12 heavy (non-hydrogen) atoms. The van der Waals surface area contributed by atoms with Crippen LogP contribution in [0.2, 0.25) is 0 Å². The lowest BCUT2D eigenvalue weighted by atomic mass is 10.4. The SMILES string of the molecule is C=C(C)N=Cc1nc(C)oc1C. The summed E-state index contributed by atoms with van der Waals surface area (Å²) in [4.78, 5) is 8.15. The van der Waals surface area contributed by atoms with Crippen LogP contribution in [0.4, 0.5) is 0 Å². The Labute approximate surface area is 71.8 Å². The third-order valence-electron chi connectivity index (χ3n) is 1.35. The zero-order valence-corrected chi connectivity index (χ0v) is 7.59. The molecule has 0 atom stereocenters. The highest BCUT2D eigenvalue weighted by Gasteiger charge is 2.02. The highest BCUT2D eigenvalue weighted by Crippen LogP contribution is 2.06. The molecule has 0 bridgehead atoms. The van der Waals surface area contributed by atoms with Crippen molar-refractivity contribution in [3.05, 3.63) is 29.6 Å². The first-order valence-electron chi connectivity index (χ1n) is 3.73. The average molecular weight is 164 g/mol. The van der Waals surface area contributed by atoms with Crippen LogP contribution in [0.3, 0.4) is 0 Å². The predicted octanol–water partition coefficient (Wildman–Crippen LogP) is 2.24. The minimum atomic E-state index is 0.663. The lowest BCUT2D eigenvalue weighted by Gasteiger charge is -1.85. The molecular formula is C9H12N2O. The topological polar surface area (TPSA) is 38.4 Å². The molecule has 1 rings (SSSR count). The monoisotopic (exact) mass is 164 g/mol. The van der Waals surface area contributed by atoms with Crippen molar-refractivity contribution in [1.29, 1.82) is 0 Å². The summed E-state index contributed by atoms with van der Waals surface area (Å²) < 4.78 is 5.21. The second-order valence-corrected chi connectivity index (χ2v) is 2.67. The molecule has 0 spiro atoms. The summed E-state index contributed by atoms with van der Waals surface area (Å²) in [5.41, 5.74) is 1.53. The summed E-state index contributed by atoms with van der Waals surface area (Å²) in [6.45, 7) is 9.15. The first-order chi connectivity index (χ1) is 5.59. The smallest absolute Gasteiger partial charge is 0.191 e. The molecule has 0 fully saturated rings. The van der Waals surface area contributed by atoms with Gasteiger partial charge in [0, 0.05) is 12.6 Å². The molecule has 1 heterocycles. The molecule has 3 nitrogen and oxygen atoms in total. The maximum Gasteiger partial charge on any atom is 0.191 e. The number of hydrogen-bond donors (Lipinski definition) is 0. The summed E-state index contributed by atoms with van der Waals surface area (Å²) in [7, 11) is 0. The molecule has 0 saturated carbocycles. The Morgan fingerprint density at radius 2 is 2.25 bits per heavy atom. The first kappa shape index (κ1) is 8.71. The van der Waals surface area contributed by atoms with Crippen molar-refractivity contribution in [3.63, 3.8) is 0 Å². The second kappa shape index (κ2) is 3.34. The van der Waals surface area contributed by atoms with Gasteiger partial charge in [0.2, 0.25) is 0 Å². The van der Waals surface area contributed by atoms with Gasteiger partial charge in [-0.15, -0.1) is 0 Å². The van der Waals surface area contributed by atoms with Gasteiger partial charge in [-0.1, -0.05) is 6.58 Å². The van der Waals surface area contributed by atoms with Crippen LogP contribution < -0.4 is 0 Å². The van der Waals surface area contributed by atoms with Crippen LogP contribution in [0.5, 0.6) is 0 Å². The van der Waals surface area contributed by atoms with E-state index in [1.807, 2.05) is 20.8 Å². The summed E-state index contributed by atoms with van der Waals surface area (Å²) in [6, 6.07) is 0. The number of nitrogens with zero attached hydrogens (tertiary/aromatic N) is 2. The Hall–Kier alpha value is -1.38. The lowest BCUT2D eigenvalue weighted by Crippen LogP contribution is -1.84. The van der Waals surface area contributed by atoms with Crippen LogP contribution in [-0.4, -0.2) is 11.2 Å². The molecule has 1 aromatic heterocycles. The Bertz CT molecular complexity index is 323. The quantitative estimate of drug-likeness (QED) is 0.629. The van der Waals surface area contributed by atoms with Gasteiger partial charge in [-0.25, -0.2) is 4.98 Å². The zero-order chi connectivity index (χ0) is 9.14. The number of rotatable bonds is 2. The van der Waals surface area contributed by atoms with Crippen molar-refractivity contribution in [3.8, 4) is 0 Å². The van der Waals surface area contributed by atoms with E-state index in [-0.39, 0.29) is 0 Å². The molecule has 0 N–H and O–H groups in total.